The minimum absolute atomic E-state index is 0.0290. The minimum atomic E-state index is -0.565. The average Bonchev–Trinajstić information content (AvgIpc) is 2.42. The summed E-state index contributed by atoms with van der Waals surface area (Å²) in [7, 11) is 1.75. The summed E-state index contributed by atoms with van der Waals surface area (Å²) >= 11 is 0. The van der Waals surface area contributed by atoms with Crippen molar-refractivity contribution in [3.05, 3.63) is 33.6 Å². The van der Waals surface area contributed by atoms with E-state index in [1.807, 2.05) is 0 Å². The van der Waals surface area contributed by atoms with Gasteiger partial charge in [-0.15, -0.1) is 0 Å². The number of nitro benzene ring substituents is 1. The SMILES string of the molecule is Cc1cc(N(C)CC2CNCCO2)c([N+](=O)[O-])cc1F. The number of morpholine rings is 1. The summed E-state index contributed by atoms with van der Waals surface area (Å²) < 4.78 is 19.1. The zero-order valence-electron chi connectivity index (χ0n) is 11.6. The van der Waals surface area contributed by atoms with E-state index >= 15 is 0 Å². The molecule has 0 saturated carbocycles. The number of likely N-dealkylation sites (N-methyl/N-ethyl adjacent to an activating group) is 1. The topological polar surface area (TPSA) is 67.6 Å². The van der Waals surface area contributed by atoms with Crippen LogP contribution >= 0.6 is 0 Å². The predicted molar refractivity (Wildman–Crippen MR) is 73.7 cm³/mol. The van der Waals surface area contributed by atoms with Crippen molar-refractivity contribution in [2.75, 3.05) is 38.2 Å². The van der Waals surface area contributed by atoms with E-state index in [-0.39, 0.29) is 11.8 Å². The third-order valence-electron chi connectivity index (χ3n) is 3.35. The first-order chi connectivity index (χ1) is 9.49. The largest absolute Gasteiger partial charge is 0.374 e. The highest BCUT2D eigenvalue weighted by atomic mass is 19.1. The third kappa shape index (κ3) is 3.23. The van der Waals surface area contributed by atoms with Crippen LogP contribution in [0.1, 0.15) is 5.56 Å². The molecule has 7 heteroatoms. The highest BCUT2D eigenvalue weighted by Gasteiger charge is 2.23. The lowest BCUT2D eigenvalue weighted by atomic mass is 10.1. The second kappa shape index (κ2) is 6.15. The van der Waals surface area contributed by atoms with Gasteiger partial charge in [0.1, 0.15) is 11.5 Å². The van der Waals surface area contributed by atoms with Gasteiger partial charge in [-0.3, -0.25) is 10.1 Å². The summed E-state index contributed by atoms with van der Waals surface area (Å²) in [6, 6.07) is 2.48. The average molecular weight is 283 g/mol. The zero-order valence-corrected chi connectivity index (χ0v) is 11.6. The highest BCUT2D eigenvalue weighted by molar-refractivity contribution is 5.64. The number of aryl methyl sites for hydroxylation is 1. The van der Waals surface area contributed by atoms with Crippen molar-refractivity contribution in [3.8, 4) is 0 Å². The Bertz CT molecular complexity index is 504. The van der Waals surface area contributed by atoms with E-state index in [4.69, 9.17) is 4.74 Å². The number of nitro groups is 1. The second-order valence-corrected chi connectivity index (χ2v) is 4.92. The Hall–Kier alpha value is -1.73. The van der Waals surface area contributed by atoms with Crippen LogP contribution in [-0.2, 0) is 4.74 Å². The summed E-state index contributed by atoms with van der Waals surface area (Å²) in [5.41, 5.74) is 0.572. The lowest BCUT2D eigenvalue weighted by molar-refractivity contribution is -0.384. The molecule has 0 aliphatic carbocycles. The van der Waals surface area contributed by atoms with Gasteiger partial charge in [0.25, 0.3) is 5.69 Å². The van der Waals surface area contributed by atoms with Gasteiger partial charge in [-0.1, -0.05) is 0 Å². The van der Waals surface area contributed by atoms with E-state index in [9.17, 15) is 14.5 Å². The van der Waals surface area contributed by atoms with Gasteiger partial charge >= 0.3 is 0 Å². The Morgan fingerprint density at radius 1 is 1.60 bits per heavy atom. The number of nitrogens with one attached hydrogen (secondary N) is 1. The molecule has 2 rings (SSSR count). The number of anilines is 1. The zero-order chi connectivity index (χ0) is 14.7. The van der Waals surface area contributed by atoms with Crippen molar-refractivity contribution in [2.24, 2.45) is 0 Å². The van der Waals surface area contributed by atoms with Crippen LogP contribution in [0.25, 0.3) is 0 Å². The van der Waals surface area contributed by atoms with Gasteiger partial charge in [0, 0.05) is 26.7 Å². The molecule has 1 aliphatic heterocycles. The molecule has 1 atom stereocenters. The second-order valence-electron chi connectivity index (χ2n) is 4.92. The molecule has 6 nitrogen and oxygen atoms in total. The van der Waals surface area contributed by atoms with Crippen molar-refractivity contribution in [1.29, 1.82) is 0 Å². The lowest BCUT2D eigenvalue weighted by Gasteiger charge is -2.29. The first kappa shape index (κ1) is 14.7. The van der Waals surface area contributed by atoms with E-state index in [0.717, 1.165) is 12.6 Å². The van der Waals surface area contributed by atoms with Crippen molar-refractivity contribution < 1.29 is 14.1 Å². The number of hydrogen-bond acceptors (Lipinski definition) is 5. The van der Waals surface area contributed by atoms with Crippen LogP contribution in [0.5, 0.6) is 0 Å². The summed E-state index contributed by atoms with van der Waals surface area (Å²) in [5, 5.41) is 14.3. The van der Waals surface area contributed by atoms with Crippen molar-refractivity contribution >= 4 is 11.4 Å². The molecule has 1 aliphatic rings. The van der Waals surface area contributed by atoms with Gasteiger partial charge in [0.15, 0.2) is 0 Å². The van der Waals surface area contributed by atoms with Gasteiger partial charge in [-0.25, -0.2) is 4.39 Å². The molecule has 1 aromatic rings. The smallest absolute Gasteiger partial charge is 0.295 e. The van der Waals surface area contributed by atoms with Crippen LogP contribution < -0.4 is 10.2 Å². The number of rotatable bonds is 4. The van der Waals surface area contributed by atoms with Gasteiger partial charge in [0.2, 0.25) is 0 Å². The monoisotopic (exact) mass is 283 g/mol. The molecular weight excluding hydrogens is 265 g/mol. The van der Waals surface area contributed by atoms with E-state index in [1.54, 1.807) is 18.9 Å². The van der Waals surface area contributed by atoms with Crippen LogP contribution in [0.15, 0.2) is 12.1 Å². The number of hydrogen-bond donors (Lipinski definition) is 1. The quantitative estimate of drug-likeness (QED) is 0.669. The Morgan fingerprint density at radius 2 is 2.35 bits per heavy atom. The molecule has 1 saturated heterocycles. The maximum atomic E-state index is 13.5. The van der Waals surface area contributed by atoms with Crippen LogP contribution in [0.2, 0.25) is 0 Å². The normalized spacial score (nSPS) is 18.9. The Balaban J connectivity index is 2.21. The molecule has 110 valence electrons. The molecule has 1 heterocycles. The maximum Gasteiger partial charge on any atom is 0.295 e. The lowest BCUT2D eigenvalue weighted by Crippen LogP contribution is -2.44. The fourth-order valence-corrected chi connectivity index (χ4v) is 2.25. The van der Waals surface area contributed by atoms with Crippen LogP contribution in [-0.4, -0.2) is 44.3 Å². The molecule has 0 bridgehead atoms. The Kier molecular flexibility index (Phi) is 4.51. The number of nitrogens with zero attached hydrogens (tertiary/aromatic N) is 2. The van der Waals surface area contributed by atoms with Gasteiger partial charge in [0.05, 0.1) is 23.7 Å². The number of benzene rings is 1. The Morgan fingerprint density at radius 3 is 2.95 bits per heavy atom. The molecule has 0 aromatic heterocycles. The molecule has 0 radical (unpaired) electrons. The van der Waals surface area contributed by atoms with E-state index < -0.39 is 10.7 Å². The molecule has 1 unspecified atom stereocenters. The molecule has 20 heavy (non-hydrogen) atoms. The van der Waals surface area contributed by atoms with E-state index in [2.05, 4.69) is 5.32 Å². The standard InChI is InChI=1S/C13H18FN3O3/c1-9-5-12(13(17(18)19)6-11(9)14)16(2)8-10-7-15-3-4-20-10/h5-6,10,15H,3-4,7-8H2,1-2H3. The summed E-state index contributed by atoms with van der Waals surface area (Å²) in [4.78, 5) is 12.2. The van der Waals surface area contributed by atoms with E-state index in [0.29, 0.717) is 30.9 Å². The molecule has 1 N–H and O–H groups in total. The molecule has 0 spiro atoms. The van der Waals surface area contributed by atoms with Gasteiger partial charge in [-0.05, 0) is 18.6 Å². The van der Waals surface area contributed by atoms with Crippen molar-refractivity contribution in [1.82, 2.24) is 5.32 Å². The maximum absolute atomic E-state index is 13.5. The van der Waals surface area contributed by atoms with Gasteiger partial charge < -0.3 is 15.0 Å². The third-order valence-corrected chi connectivity index (χ3v) is 3.35. The fourth-order valence-electron chi connectivity index (χ4n) is 2.25. The minimum Gasteiger partial charge on any atom is -0.374 e. The first-order valence-corrected chi connectivity index (χ1v) is 6.47. The summed E-state index contributed by atoms with van der Waals surface area (Å²) in [5.74, 6) is -0.565. The molecule has 0 amide bonds. The van der Waals surface area contributed by atoms with Crippen LogP contribution in [0.3, 0.4) is 0 Å². The number of halogens is 1. The molecule has 1 fully saturated rings. The predicted octanol–water partition coefficient (Wildman–Crippen LogP) is 1.47. The number of ether oxygens (including phenoxy) is 1. The van der Waals surface area contributed by atoms with E-state index in [1.165, 1.54) is 6.07 Å². The fraction of sp³-hybridized carbons (Fsp3) is 0.538. The van der Waals surface area contributed by atoms with Crippen LogP contribution in [0, 0.1) is 22.9 Å². The summed E-state index contributed by atoms with van der Waals surface area (Å²) in [6.45, 7) is 4.26. The van der Waals surface area contributed by atoms with Crippen molar-refractivity contribution in [2.45, 2.75) is 13.0 Å². The highest BCUT2D eigenvalue weighted by Crippen LogP contribution is 2.30. The summed E-state index contributed by atoms with van der Waals surface area (Å²) in [6.07, 6.45) is -0.0290. The molecule has 1 aromatic carbocycles. The first-order valence-electron chi connectivity index (χ1n) is 6.47. The van der Waals surface area contributed by atoms with Gasteiger partial charge in [-0.2, -0.15) is 0 Å². The Labute approximate surface area is 116 Å². The molecular formula is C13H18FN3O3. The van der Waals surface area contributed by atoms with Crippen molar-refractivity contribution in [3.63, 3.8) is 0 Å². The van der Waals surface area contributed by atoms with Crippen LogP contribution in [0.4, 0.5) is 15.8 Å².